The predicted molar refractivity (Wildman–Crippen MR) is 106 cm³/mol. The maximum Gasteiger partial charge on any atom is 0.236 e. The molecule has 0 saturated carbocycles. The van der Waals surface area contributed by atoms with Gasteiger partial charge in [0.2, 0.25) is 10.0 Å². The minimum Gasteiger partial charge on any atom is -0.355 e. The third-order valence-electron chi connectivity index (χ3n) is 4.20. The topological polar surface area (TPSA) is 62.0 Å². The summed E-state index contributed by atoms with van der Waals surface area (Å²) in [6.45, 7) is 0. The van der Waals surface area contributed by atoms with Crippen molar-refractivity contribution in [2.75, 3.05) is 4.72 Å². The molecule has 1 aromatic heterocycles. The van der Waals surface area contributed by atoms with Gasteiger partial charge in [0.1, 0.15) is 0 Å². The van der Waals surface area contributed by atoms with Gasteiger partial charge in [0, 0.05) is 22.3 Å². The molecule has 4 rings (SSSR count). The van der Waals surface area contributed by atoms with E-state index in [0.717, 1.165) is 27.7 Å². The van der Waals surface area contributed by atoms with Crippen LogP contribution < -0.4 is 4.72 Å². The van der Waals surface area contributed by atoms with Crippen LogP contribution in [0.5, 0.6) is 0 Å². The van der Waals surface area contributed by atoms with Crippen molar-refractivity contribution in [3.05, 3.63) is 90.5 Å². The number of para-hydroxylation sites is 1. The van der Waals surface area contributed by atoms with Crippen LogP contribution in [0.3, 0.4) is 0 Å². The van der Waals surface area contributed by atoms with E-state index < -0.39 is 10.0 Å². The summed E-state index contributed by atoms with van der Waals surface area (Å²) in [7, 11) is -3.44. The Labute approximate surface area is 152 Å². The van der Waals surface area contributed by atoms with Gasteiger partial charge < -0.3 is 4.98 Å². The molecule has 0 unspecified atom stereocenters. The zero-order chi connectivity index (χ0) is 18.0. The van der Waals surface area contributed by atoms with E-state index in [2.05, 4.69) is 21.8 Å². The summed E-state index contributed by atoms with van der Waals surface area (Å²) in [6.07, 6.45) is 0. The third kappa shape index (κ3) is 3.63. The van der Waals surface area contributed by atoms with Crippen molar-refractivity contribution in [2.24, 2.45) is 0 Å². The van der Waals surface area contributed by atoms with Crippen molar-refractivity contribution < 1.29 is 8.42 Å². The van der Waals surface area contributed by atoms with Crippen molar-refractivity contribution in [3.8, 4) is 11.3 Å². The number of H-pyrrole nitrogens is 1. The lowest BCUT2D eigenvalue weighted by atomic mass is 10.1. The summed E-state index contributed by atoms with van der Waals surface area (Å²) >= 11 is 0. The number of nitrogens with one attached hydrogen (secondary N) is 2. The quantitative estimate of drug-likeness (QED) is 0.537. The highest BCUT2D eigenvalue weighted by Crippen LogP contribution is 2.25. The van der Waals surface area contributed by atoms with E-state index >= 15 is 0 Å². The summed E-state index contributed by atoms with van der Waals surface area (Å²) in [6, 6.07) is 26.7. The molecule has 5 heteroatoms. The van der Waals surface area contributed by atoms with Crippen molar-refractivity contribution in [1.29, 1.82) is 0 Å². The van der Waals surface area contributed by atoms with Crippen LogP contribution >= 0.6 is 0 Å². The standard InChI is InChI=1S/C21H18N2O2S/c24-26(25,15-16-6-2-1-3-7-16)23-19-12-10-17(11-13-19)21-14-18-8-4-5-9-20(18)22-21/h1-14,22-23H,15H2. The van der Waals surface area contributed by atoms with Crippen LogP contribution in [-0.2, 0) is 15.8 Å². The van der Waals surface area contributed by atoms with E-state index in [1.807, 2.05) is 48.5 Å². The first-order valence-electron chi connectivity index (χ1n) is 8.32. The molecule has 0 aliphatic rings. The fourth-order valence-electron chi connectivity index (χ4n) is 2.96. The molecule has 1 heterocycles. The second-order valence-electron chi connectivity index (χ2n) is 6.19. The molecule has 0 spiro atoms. The maximum absolute atomic E-state index is 12.3. The van der Waals surface area contributed by atoms with Crippen LogP contribution in [0.4, 0.5) is 5.69 Å². The van der Waals surface area contributed by atoms with Crippen LogP contribution in [0.25, 0.3) is 22.2 Å². The lowest BCUT2D eigenvalue weighted by Crippen LogP contribution is -2.14. The van der Waals surface area contributed by atoms with E-state index in [4.69, 9.17) is 0 Å². The van der Waals surface area contributed by atoms with Gasteiger partial charge in [-0.25, -0.2) is 8.42 Å². The van der Waals surface area contributed by atoms with Crippen molar-refractivity contribution in [1.82, 2.24) is 4.98 Å². The highest BCUT2D eigenvalue weighted by molar-refractivity contribution is 7.91. The molecular formula is C21H18N2O2S. The number of aromatic amines is 1. The largest absolute Gasteiger partial charge is 0.355 e. The zero-order valence-corrected chi connectivity index (χ0v) is 14.8. The molecular weight excluding hydrogens is 344 g/mol. The average Bonchev–Trinajstić information content (AvgIpc) is 3.06. The summed E-state index contributed by atoms with van der Waals surface area (Å²) in [4.78, 5) is 3.37. The minimum absolute atomic E-state index is 0.0440. The van der Waals surface area contributed by atoms with Crippen molar-refractivity contribution in [3.63, 3.8) is 0 Å². The van der Waals surface area contributed by atoms with Crippen LogP contribution in [-0.4, -0.2) is 13.4 Å². The number of anilines is 1. The Kier molecular flexibility index (Phi) is 4.22. The molecule has 4 nitrogen and oxygen atoms in total. The second-order valence-corrected chi connectivity index (χ2v) is 7.92. The highest BCUT2D eigenvalue weighted by Gasteiger charge is 2.12. The minimum atomic E-state index is -3.44. The first-order valence-corrected chi connectivity index (χ1v) is 9.97. The number of fused-ring (bicyclic) bond motifs is 1. The average molecular weight is 362 g/mol. The van der Waals surface area contributed by atoms with E-state index in [9.17, 15) is 8.42 Å². The second kappa shape index (κ2) is 6.69. The van der Waals surface area contributed by atoms with Gasteiger partial charge in [-0.2, -0.15) is 0 Å². The molecule has 0 fully saturated rings. The van der Waals surface area contributed by atoms with Crippen LogP contribution in [0.2, 0.25) is 0 Å². The third-order valence-corrected chi connectivity index (χ3v) is 5.46. The molecule has 0 aliphatic heterocycles. The number of hydrogen-bond donors (Lipinski definition) is 2. The van der Waals surface area contributed by atoms with Gasteiger partial charge in [-0.3, -0.25) is 4.72 Å². The Balaban J connectivity index is 1.52. The maximum atomic E-state index is 12.3. The van der Waals surface area contributed by atoms with Gasteiger partial charge in [-0.15, -0.1) is 0 Å². The Morgan fingerprint density at radius 2 is 1.50 bits per heavy atom. The number of rotatable bonds is 5. The van der Waals surface area contributed by atoms with Crippen molar-refractivity contribution >= 4 is 26.6 Å². The van der Waals surface area contributed by atoms with Crippen molar-refractivity contribution in [2.45, 2.75) is 5.75 Å². The molecule has 26 heavy (non-hydrogen) atoms. The smallest absolute Gasteiger partial charge is 0.236 e. The molecule has 0 amide bonds. The summed E-state index contributed by atoms with van der Waals surface area (Å²) in [5, 5.41) is 1.15. The molecule has 130 valence electrons. The fraction of sp³-hybridized carbons (Fsp3) is 0.0476. The number of aromatic nitrogens is 1. The van der Waals surface area contributed by atoms with Crippen LogP contribution in [0.15, 0.2) is 84.9 Å². The monoisotopic (exact) mass is 362 g/mol. The van der Waals surface area contributed by atoms with Gasteiger partial charge in [0.25, 0.3) is 0 Å². The highest BCUT2D eigenvalue weighted by atomic mass is 32.2. The summed E-state index contributed by atoms with van der Waals surface area (Å²) in [5.74, 6) is -0.0440. The lowest BCUT2D eigenvalue weighted by molar-refractivity contribution is 0.600. The lowest BCUT2D eigenvalue weighted by Gasteiger charge is -2.08. The number of benzene rings is 3. The Bertz CT molecular complexity index is 1100. The van der Waals surface area contributed by atoms with Gasteiger partial charge in [-0.05, 0) is 35.4 Å². The van der Waals surface area contributed by atoms with Gasteiger partial charge >= 0.3 is 0 Å². The zero-order valence-electron chi connectivity index (χ0n) is 14.0. The SMILES string of the molecule is O=S(=O)(Cc1ccccc1)Nc1ccc(-c2cc3ccccc3[nH]2)cc1. The molecule has 0 bridgehead atoms. The van der Waals surface area contributed by atoms with Crippen LogP contribution in [0.1, 0.15) is 5.56 Å². The molecule has 0 radical (unpaired) electrons. The summed E-state index contributed by atoms with van der Waals surface area (Å²) in [5.41, 5.74) is 4.41. The number of hydrogen-bond acceptors (Lipinski definition) is 2. The normalized spacial score (nSPS) is 11.5. The van der Waals surface area contributed by atoms with E-state index in [0.29, 0.717) is 5.69 Å². The first-order chi connectivity index (χ1) is 12.6. The first kappa shape index (κ1) is 16.4. The Hall–Kier alpha value is -3.05. The fourth-order valence-corrected chi connectivity index (χ4v) is 4.15. The van der Waals surface area contributed by atoms with Gasteiger partial charge in [-0.1, -0.05) is 60.7 Å². The summed E-state index contributed by atoms with van der Waals surface area (Å²) < 4.78 is 27.3. The van der Waals surface area contributed by atoms with E-state index in [1.165, 1.54) is 0 Å². The number of sulfonamides is 1. The molecule has 4 aromatic rings. The van der Waals surface area contributed by atoms with E-state index in [-0.39, 0.29) is 5.75 Å². The van der Waals surface area contributed by atoms with Gasteiger partial charge in [0.15, 0.2) is 0 Å². The Morgan fingerprint density at radius 1 is 0.808 bits per heavy atom. The molecule has 0 aliphatic carbocycles. The predicted octanol–water partition coefficient (Wildman–Crippen LogP) is 4.78. The van der Waals surface area contributed by atoms with Crippen LogP contribution in [0, 0.1) is 0 Å². The molecule has 3 aromatic carbocycles. The molecule has 0 atom stereocenters. The Morgan fingerprint density at radius 3 is 2.23 bits per heavy atom. The molecule has 0 saturated heterocycles. The van der Waals surface area contributed by atoms with E-state index in [1.54, 1.807) is 24.3 Å². The van der Waals surface area contributed by atoms with Gasteiger partial charge in [0.05, 0.1) is 5.75 Å². The molecule has 2 N–H and O–H groups in total.